The molecule has 542 valence electrons. The molecule has 0 N–H and O–H groups in total. The van der Waals surface area contributed by atoms with E-state index in [0.29, 0.717) is 0 Å². The molecule has 2 heteroatoms. The summed E-state index contributed by atoms with van der Waals surface area (Å²) in [5, 5.41) is 9.96. The van der Waals surface area contributed by atoms with Crippen molar-refractivity contribution in [3.8, 4) is 66.8 Å². The minimum Gasteiger partial charge on any atom is -0.310 e. The van der Waals surface area contributed by atoms with E-state index in [9.17, 15) is 0 Å². The number of anilines is 6. The fourth-order valence-corrected chi connectivity index (χ4v) is 23.9. The number of rotatable bonds is 7. The molecule has 0 aromatic heterocycles. The third-order valence-corrected chi connectivity index (χ3v) is 28.6. The lowest BCUT2D eigenvalue weighted by Crippen LogP contribution is -2.62. The van der Waals surface area contributed by atoms with Crippen LogP contribution in [0.5, 0.6) is 0 Å². The Kier molecular flexibility index (Phi) is 13.5. The molecule has 2 unspecified atom stereocenters. The van der Waals surface area contributed by atoms with Crippen molar-refractivity contribution in [3.05, 3.63) is 370 Å². The Labute approximate surface area is 659 Å². The first-order valence-electron chi connectivity index (χ1n) is 40.6. The van der Waals surface area contributed by atoms with E-state index >= 15 is 0 Å². The lowest BCUT2D eigenvalue weighted by atomic mass is 9.39. The highest BCUT2D eigenvalue weighted by molar-refractivity contribution is 6.19. The van der Waals surface area contributed by atoms with Crippen LogP contribution in [0.15, 0.2) is 303 Å². The van der Waals surface area contributed by atoms with Crippen LogP contribution in [0.4, 0.5) is 34.1 Å². The first-order chi connectivity index (χ1) is 53.9. The number of hydrogen-bond acceptors (Lipinski definition) is 2. The van der Waals surface area contributed by atoms with E-state index in [0.717, 1.165) is 34.1 Å². The Hall–Kier alpha value is -11.8. The summed E-state index contributed by atoms with van der Waals surface area (Å²) >= 11 is 0. The van der Waals surface area contributed by atoms with Crippen LogP contribution in [0.2, 0.25) is 0 Å². The first kappa shape index (κ1) is 67.1. The van der Waals surface area contributed by atoms with Crippen LogP contribution >= 0.6 is 0 Å². The van der Waals surface area contributed by atoms with Gasteiger partial charge in [0.1, 0.15) is 0 Å². The summed E-state index contributed by atoms with van der Waals surface area (Å²) in [5.41, 5.74) is 35.2. The van der Waals surface area contributed by atoms with Gasteiger partial charge in [-0.2, -0.15) is 0 Å². The highest BCUT2D eigenvalue weighted by atomic mass is 15.2. The number of hydrogen-bond donors (Lipinski definition) is 0. The van der Waals surface area contributed by atoms with E-state index in [-0.39, 0.29) is 21.7 Å². The van der Waals surface area contributed by atoms with Gasteiger partial charge in [-0.1, -0.05) is 340 Å². The van der Waals surface area contributed by atoms with E-state index in [2.05, 4.69) is 410 Å². The average Bonchev–Trinajstić information content (AvgIpc) is 1.45. The van der Waals surface area contributed by atoms with Crippen LogP contribution in [0, 0.1) is 10.8 Å². The molecule has 2 nitrogen and oxygen atoms in total. The molecule has 0 amide bonds. The molecule has 16 aromatic rings. The minimum atomic E-state index is -0.861. The molecule has 0 saturated carbocycles. The molecule has 0 bridgehead atoms. The van der Waals surface area contributed by atoms with Crippen LogP contribution in [0.25, 0.3) is 110 Å². The van der Waals surface area contributed by atoms with Crippen molar-refractivity contribution in [1.29, 1.82) is 0 Å². The summed E-state index contributed by atoms with van der Waals surface area (Å²) in [5.74, 6) is 0. The lowest BCUT2D eigenvalue weighted by molar-refractivity contribution is 0.0596. The molecule has 112 heavy (non-hydrogen) atoms. The van der Waals surface area contributed by atoms with E-state index in [4.69, 9.17) is 0 Å². The molecule has 16 aromatic carbocycles. The first-order valence-corrected chi connectivity index (χ1v) is 40.6. The predicted octanol–water partition coefficient (Wildman–Crippen LogP) is 29.8. The van der Waals surface area contributed by atoms with E-state index in [1.54, 1.807) is 0 Å². The Morgan fingerprint density at radius 3 is 0.732 bits per heavy atom. The van der Waals surface area contributed by atoms with Crippen molar-refractivity contribution >= 4 is 77.2 Å². The Bertz CT molecular complexity index is 6240. The quantitative estimate of drug-likeness (QED) is 0.157. The number of nitrogens with zero attached hydrogens (tertiary/aromatic N) is 2. The second-order valence-corrected chi connectivity index (χ2v) is 37.4. The molecule has 6 aliphatic carbocycles. The molecule has 0 heterocycles. The highest BCUT2D eigenvalue weighted by Gasteiger charge is 2.71. The third-order valence-electron chi connectivity index (χ3n) is 28.6. The van der Waals surface area contributed by atoms with Crippen molar-refractivity contribution in [3.63, 3.8) is 0 Å². The van der Waals surface area contributed by atoms with Crippen molar-refractivity contribution in [2.24, 2.45) is 10.8 Å². The Balaban J connectivity index is 0.896. The van der Waals surface area contributed by atoms with Gasteiger partial charge in [0.2, 0.25) is 0 Å². The van der Waals surface area contributed by atoms with E-state index < -0.39 is 21.7 Å². The number of benzene rings is 16. The summed E-state index contributed by atoms with van der Waals surface area (Å²) in [6, 6.07) is 120. The van der Waals surface area contributed by atoms with Crippen LogP contribution in [-0.2, 0) is 32.5 Å². The smallest absolute Gasteiger partial charge is 0.0543 e. The summed E-state index contributed by atoms with van der Waals surface area (Å²) in [6.07, 6.45) is 0. The van der Waals surface area contributed by atoms with E-state index in [1.807, 2.05) is 0 Å². The topological polar surface area (TPSA) is 6.48 Å². The van der Waals surface area contributed by atoms with Crippen molar-refractivity contribution in [2.45, 2.75) is 129 Å². The van der Waals surface area contributed by atoms with Crippen LogP contribution in [-0.4, -0.2) is 0 Å². The van der Waals surface area contributed by atoms with Crippen LogP contribution < -0.4 is 9.80 Å². The van der Waals surface area contributed by atoms with Gasteiger partial charge in [-0.25, -0.2) is 0 Å². The molecular weight excluding hydrogens is 1350 g/mol. The fourth-order valence-electron chi connectivity index (χ4n) is 23.9. The van der Waals surface area contributed by atoms with Crippen LogP contribution in [0.1, 0.15) is 164 Å². The van der Waals surface area contributed by atoms with Gasteiger partial charge in [-0.3, -0.25) is 0 Å². The Morgan fingerprint density at radius 2 is 0.438 bits per heavy atom. The maximum Gasteiger partial charge on any atom is 0.0543 e. The average molecular weight is 1440 g/mol. The monoisotopic (exact) mass is 1440 g/mol. The molecule has 22 rings (SSSR count). The highest BCUT2D eigenvalue weighted by Crippen LogP contribution is 2.78. The molecular formula is C110H92N2. The normalized spacial score (nSPS) is 18.1. The molecule has 0 aliphatic heterocycles. The molecule has 0 saturated heterocycles. The Morgan fingerprint density at radius 1 is 0.196 bits per heavy atom. The third kappa shape index (κ3) is 8.35. The van der Waals surface area contributed by atoms with Crippen molar-refractivity contribution < 1.29 is 0 Å². The predicted molar refractivity (Wildman–Crippen MR) is 474 cm³/mol. The summed E-state index contributed by atoms with van der Waals surface area (Å²) < 4.78 is 0. The second-order valence-electron chi connectivity index (χ2n) is 37.4. The van der Waals surface area contributed by atoms with Crippen molar-refractivity contribution in [1.82, 2.24) is 0 Å². The molecule has 6 aliphatic rings. The van der Waals surface area contributed by atoms with Gasteiger partial charge in [-0.15, -0.1) is 0 Å². The van der Waals surface area contributed by atoms with Gasteiger partial charge in [-0.05, 0) is 237 Å². The maximum absolute atomic E-state index is 2.77. The summed E-state index contributed by atoms with van der Waals surface area (Å²) in [4.78, 5) is 5.39. The largest absolute Gasteiger partial charge is 0.310 e. The van der Waals surface area contributed by atoms with Gasteiger partial charge >= 0.3 is 0 Å². The fraction of sp³-hybridized carbons (Fsp3) is 0.200. The van der Waals surface area contributed by atoms with Crippen molar-refractivity contribution in [2.75, 3.05) is 9.80 Å². The van der Waals surface area contributed by atoms with Gasteiger partial charge < -0.3 is 9.80 Å². The van der Waals surface area contributed by atoms with Gasteiger partial charge in [0, 0.05) is 66.0 Å². The number of fused-ring (bicyclic) bond motifs is 26. The molecule has 0 fully saturated rings. The van der Waals surface area contributed by atoms with Crippen LogP contribution in [0.3, 0.4) is 0 Å². The van der Waals surface area contributed by atoms with Gasteiger partial charge in [0.05, 0.1) is 11.4 Å². The minimum absolute atomic E-state index is 0.254. The molecule has 0 spiro atoms. The molecule has 2 atom stereocenters. The van der Waals surface area contributed by atoms with E-state index in [1.165, 1.54) is 177 Å². The SMILES string of the molecule is CC1(C)c2ccccc2-c2ccc(N(c3ccc4c(c3)C(C)(C)c3ccccc3-4)c3cc4c(c5ccccc35)-c3c(ccc5ccccc35)C4(C(C)(C)C)C3(C(C)(C)C)c4ccc5ccccc5c4-c4c3cc(N(c3ccc5c(c3)C(C)(C)c3ccccc3-5)c3ccc5c(c3)C(C)(C)c3ccccc3-5)c3ccccc43)cc21. The van der Waals surface area contributed by atoms with Gasteiger partial charge in [0.15, 0.2) is 0 Å². The lowest BCUT2D eigenvalue weighted by Gasteiger charge is -2.62. The van der Waals surface area contributed by atoms with Gasteiger partial charge in [0.25, 0.3) is 0 Å². The second kappa shape index (κ2) is 22.5. The molecule has 0 radical (unpaired) electrons. The zero-order chi connectivity index (χ0) is 76.4. The zero-order valence-corrected chi connectivity index (χ0v) is 66.8. The zero-order valence-electron chi connectivity index (χ0n) is 66.8. The standard InChI is InChI=1S/C110H92N2/c1-103(2,3)109(89-57-47-65-31-15-17-33-71(65)99(89)101-83-41-21-19-39-81(83)97(63-95(101)109)111(67-49-53-77-73-35-23-27-43-85(73)105(7,8)91(77)59-67)68-50-54-78-74-36-24-28-44-86(74)106(9,10)92(78)60-68)110(104(4,5)6)90-58-48-66-32-16-18-34-72(66)100(90)102-84-42-22-20-40-82(84)98(64-96(102)110)112(69-51-55-79-75-37-25-29-45-87(75)107(11,12)93(79)61-69)70-52-56-80-76-38-26-30-46-88(76)108(13,14)94(80)62-70/h15-64H,1-14H3. The summed E-state index contributed by atoms with van der Waals surface area (Å²) in [6.45, 7) is 35.1. The maximum atomic E-state index is 2.77. The summed E-state index contributed by atoms with van der Waals surface area (Å²) in [7, 11) is 0.